The van der Waals surface area contributed by atoms with Gasteiger partial charge in [-0.3, -0.25) is 4.79 Å². The topological polar surface area (TPSA) is 78.2 Å². The Balaban J connectivity index is 1.43. The van der Waals surface area contributed by atoms with Gasteiger partial charge >= 0.3 is 6.18 Å². The number of pyridine rings is 1. The number of nitrogens with zero attached hydrogens (tertiary/aromatic N) is 3. The zero-order valence-corrected chi connectivity index (χ0v) is 16.4. The summed E-state index contributed by atoms with van der Waals surface area (Å²) >= 11 is 0. The third-order valence-electron chi connectivity index (χ3n) is 5.58. The minimum Gasteiger partial charge on any atom is -0.474 e. The predicted molar refractivity (Wildman–Crippen MR) is 102 cm³/mol. The number of hydrogen-bond acceptors (Lipinski definition) is 5. The molecule has 0 aromatic carbocycles. The number of nitriles is 1. The van der Waals surface area contributed by atoms with E-state index < -0.39 is 17.8 Å². The van der Waals surface area contributed by atoms with Crippen LogP contribution in [0.2, 0.25) is 0 Å². The Hall–Kier alpha value is -2.78. The van der Waals surface area contributed by atoms with E-state index in [2.05, 4.69) is 22.3 Å². The van der Waals surface area contributed by atoms with Gasteiger partial charge in [0, 0.05) is 18.3 Å². The van der Waals surface area contributed by atoms with Crippen molar-refractivity contribution in [2.45, 2.75) is 68.9 Å². The number of terminal acetylenes is 1. The number of carbonyl (C=O) groups excluding carboxylic acids is 1. The van der Waals surface area contributed by atoms with Gasteiger partial charge in [0.25, 0.3) is 0 Å². The number of ether oxygens (including phenoxy) is 1. The van der Waals surface area contributed by atoms with Crippen molar-refractivity contribution in [3.8, 4) is 24.3 Å². The van der Waals surface area contributed by atoms with Crippen molar-refractivity contribution < 1.29 is 22.7 Å². The summed E-state index contributed by atoms with van der Waals surface area (Å²) in [6.45, 7) is 0.118. The molecule has 1 aliphatic heterocycles. The largest absolute Gasteiger partial charge is 0.474 e. The lowest BCUT2D eigenvalue weighted by atomic mass is 9.93. The number of amides is 1. The normalized spacial score (nSPS) is 26.6. The average molecular weight is 420 g/mol. The molecule has 9 heteroatoms. The first-order valence-electron chi connectivity index (χ1n) is 9.92. The van der Waals surface area contributed by atoms with Crippen molar-refractivity contribution in [2.75, 3.05) is 6.54 Å². The Labute approximate surface area is 173 Å². The molecule has 1 N–H and O–H groups in total. The predicted octanol–water partition coefficient (Wildman–Crippen LogP) is 2.90. The van der Waals surface area contributed by atoms with Crippen LogP contribution in [0.4, 0.5) is 13.2 Å². The highest BCUT2D eigenvalue weighted by molar-refractivity contribution is 5.80. The molecule has 0 bridgehead atoms. The van der Waals surface area contributed by atoms with Crippen LogP contribution in [0, 0.1) is 23.7 Å². The molecule has 30 heavy (non-hydrogen) atoms. The summed E-state index contributed by atoms with van der Waals surface area (Å²) in [5.74, 6) is 2.58. The van der Waals surface area contributed by atoms with Crippen LogP contribution in [-0.4, -0.2) is 46.6 Å². The third kappa shape index (κ3) is 5.22. The highest BCUT2D eigenvalue weighted by atomic mass is 19.4. The fourth-order valence-corrected chi connectivity index (χ4v) is 3.95. The van der Waals surface area contributed by atoms with E-state index in [0.29, 0.717) is 25.7 Å². The molecule has 0 radical (unpaired) electrons. The highest BCUT2D eigenvalue weighted by Crippen LogP contribution is 2.30. The summed E-state index contributed by atoms with van der Waals surface area (Å²) in [6.07, 6.45) is 5.86. The van der Waals surface area contributed by atoms with Crippen LogP contribution in [-0.2, 0) is 11.0 Å². The van der Waals surface area contributed by atoms with Gasteiger partial charge in [-0.05, 0) is 44.6 Å². The molecule has 1 aromatic rings. The van der Waals surface area contributed by atoms with Crippen molar-refractivity contribution in [2.24, 2.45) is 0 Å². The van der Waals surface area contributed by atoms with Gasteiger partial charge in [0.05, 0.1) is 24.2 Å². The van der Waals surface area contributed by atoms with Crippen LogP contribution in [0.15, 0.2) is 18.3 Å². The van der Waals surface area contributed by atoms with Crippen molar-refractivity contribution in [3.05, 3.63) is 23.9 Å². The minimum absolute atomic E-state index is 0.118. The molecule has 2 aliphatic rings. The molecule has 2 fully saturated rings. The molecule has 2 atom stereocenters. The van der Waals surface area contributed by atoms with E-state index in [9.17, 15) is 23.2 Å². The Morgan fingerprint density at radius 2 is 1.93 bits per heavy atom. The molecular weight excluding hydrogens is 397 g/mol. The van der Waals surface area contributed by atoms with Crippen LogP contribution in [0.25, 0.3) is 0 Å². The van der Waals surface area contributed by atoms with Crippen LogP contribution in [0.3, 0.4) is 0 Å². The molecule has 1 saturated heterocycles. The molecule has 6 nitrogen and oxygen atoms in total. The molecule has 2 heterocycles. The Bertz CT molecular complexity index is 799. The number of likely N-dealkylation sites (tertiary alicyclic amines) is 1. The summed E-state index contributed by atoms with van der Waals surface area (Å²) in [4.78, 5) is 17.8. The molecule has 1 aromatic heterocycles. The van der Waals surface area contributed by atoms with Crippen molar-refractivity contribution in [1.29, 1.82) is 5.26 Å². The first-order valence-corrected chi connectivity index (χ1v) is 9.92. The first kappa shape index (κ1) is 21.9. The number of aromatic nitrogens is 1. The number of nitrogens with one attached hydrogen (secondary N) is 1. The lowest BCUT2D eigenvalue weighted by molar-refractivity contribution is -0.138. The maximum atomic E-state index is 12.6. The smallest absolute Gasteiger partial charge is 0.417 e. The van der Waals surface area contributed by atoms with Crippen LogP contribution in [0.5, 0.6) is 5.88 Å². The van der Waals surface area contributed by atoms with Gasteiger partial charge < -0.3 is 15.0 Å². The number of hydrogen-bond donors (Lipinski definition) is 1. The van der Waals surface area contributed by atoms with E-state index in [1.807, 2.05) is 0 Å². The zero-order valence-electron chi connectivity index (χ0n) is 16.4. The van der Waals surface area contributed by atoms with Gasteiger partial charge in [-0.2, -0.15) is 18.4 Å². The summed E-state index contributed by atoms with van der Waals surface area (Å²) in [5.41, 5.74) is -0.809. The van der Waals surface area contributed by atoms with Gasteiger partial charge in [0.15, 0.2) is 0 Å². The van der Waals surface area contributed by atoms with Crippen molar-refractivity contribution >= 4 is 5.91 Å². The highest BCUT2D eigenvalue weighted by Gasteiger charge is 2.36. The summed E-state index contributed by atoms with van der Waals surface area (Å²) in [5, 5.41) is 12.4. The maximum absolute atomic E-state index is 12.6. The van der Waals surface area contributed by atoms with Gasteiger partial charge in [0.2, 0.25) is 11.8 Å². The van der Waals surface area contributed by atoms with Crippen molar-refractivity contribution in [1.82, 2.24) is 15.2 Å². The van der Waals surface area contributed by atoms with E-state index in [0.717, 1.165) is 25.1 Å². The van der Waals surface area contributed by atoms with Crippen LogP contribution in [0.1, 0.15) is 44.1 Å². The summed E-state index contributed by atoms with van der Waals surface area (Å²) in [6, 6.07) is 3.65. The van der Waals surface area contributed by atoms with E-state index in [-0.39, 0.29) is 36.5 Å². The number of alkyl halides is 3. The third-order valence-corrected chi connectivity index (χ3v) is 5.58. The fourth-order valence-electron chi connectivity index (χ4n) is 3.95. The van der Waals surface area contributed by atoms with E-state index in [1.54, 1.807) is 0 Å². The quantitative estimate of drug-likeness (QED) is 0.742. The first-order chi connectivity index (χ1) is 14.3. The lowest BCUT2D eigenvalue weighted by Gasteiger charge is -2.30. The fraction of sp³-hybridized carbons (Fsp3) is 0.571. The second-order valence-corrected chi connectivity index (χ2v) is 7.56. The monoisotopic (exact) mass is 420 g/mol. The van der Waals surface area contributed by atoms with Crippen molar-refractivity contribution in [3.63, 3.8) is 0 Å². The second kappa shape index (κ2) is 9.36. The standard InChI is InChI=1S/C21H23F3N4O2/c1-2-16-6-7-17(11-25)28(16)20(29)13-26-15-4-8-18(9-5-15)30-19-10-3-14(12-27-19)21(22,23)24/h1,3,10,12,15-18,26H,4-9,13H2/t15-,16-,17-,18-/m0/s1. The Morgan fingerprint density at radius 3 is 2.50 bits per heavy atom. The molecular formula is C21H23F3N4O2. The molecule has 0 unspecified atom stereocenters. The number of rotatable bonds is 5. The zero-order chi connectivity index (χ0) is 21.7. The van der Waals surface area contributed by atoms with Gasteiger partial charge in [0.1, 0.15) is 12.1 Å². The van der Waals surface area contributed by atoms with E-state index in [1.165, 1.54) is 11.0 Å². The molecule has 1 aliphatic carbocycles. The molecule has 1 amide bonds. The van der Waals surface area contributed by atoms with E-state index in [4.69, 9.17) is 11.2 Å². The molecule has 160 valence electrons. The van der Waals surface area contributed by atoms with Gasteiger partial charge in [-0.1, -0.05) is 5.92 Å². The molecule has 3 rings (SSSR count). The van der Waals surface area contributed by atoms with Crippen LogP contribution >= 0.6 is 0 Å². The number of halogens is 3. The minimum atomic E-state index is -4.42. The second-order valence-electron chi connectivity index (χ2n) is 7.56. The van der Waals surface area contributed by atoms with Gasteiger partial charge in [-0.15, -0.1) is 6.42 Å². The summed E-state index contributed by atoms with van der Waals surface area (Å²) in [7, 11) is 0. The van der Waals surface area contributed by atoms with E-state index >= 15 is 0 Å². The molecule has 0 spiro atoms. The Morgan fingerprint density at radius 1 is 1.23 bits per heavy atom. The molecule has 1 saturated carbocycles. The van der Waals surface area contributed by atoms with Gasteiger partial charge in [-0.25, -0.2) is 4.98 Å². The SMILES string of the molecule is C#C[C@H]1CC[C@@H](C#N)N1C(=O)CN[C@H]1CC[C@H](Oc2ccc(C(F)(F)F)cn2)CC1. The number of carbonyl (C=O) groups is 1. The summed E-state index contributed by atoms with van der Waals surface area (Å²) < 4.78 is 43.5. The lowest BCUT2D eigenvalue weighted by Crippen LogP contribution is -2.47. The van der Waals surface area contributed by atoms with Crippen LogP contribution < -0.4 is 10.1 Å². The Kier molecular flexibility index (Phi) is 6.84. The maximum Gasteiger partial charge on any atom is 0.417 e. The average Bonchev–Trinajstić information content (AvgIpc) is 3.16.